The number of aromatic nitrogens is 1. The van der Waals surface area contributed by atoms with Crippen LogP contribution in [0.3, 0.4) is 0 Å². The maximum absolute atomic E-state index is 12.5. The molecule has 150 valence electrons. The SMILES string of the molecule is CN(C)c1ccc(NC(=O)CCc2ccc(S(=O)(=O)N3CCCC3)cc2)cn1. The number of amides is 1. The number of rotatable bonds is 7. The predicted octanol–water partition coefficient (Wildman–Crippen LogP) is 2.50. The van der Waals surface area contributed by atoms with Crippen LogP contribution in [0.2, 0.25) is 0 Å². The van der Waals surface area contributed by atoms with Gasteiger partial charge in [-0.2, -0.15) is 4.31 Å². The smallest absolute Gasteiger partial charge is 0.243 e. The number of carbonyl (C=O) groups excluding carboxylic acids is 1. The molecule has 0 radical (unpaired) electrons. The van der Waals surface area contributed by atoms with Crippen LogP contribution >= 0.6 is 0 Å². The van der Waals surface area contributed by atoms with Gasteiger partial charge in [0.25, 0.3) is 0 Å². The van der Waals surface area contributed by atoms with Crippen LogP contribution in [0.5, 0.6) is 0 Å². The molecule has 1 amide bonds. The van der Waals surface area contributed by atoms with Crippen molar-refractivity contribution in [2.24, 2.45) is 0 Å². The molecular formula is C20H26N4O3S. The van der Waals surface area contributed by atoms with E-state index in [4.69, 9.17) is 0 Å². The van der Waals surface area contributed by atoms with Crippen molar-refractivity contribution in [3.05, 3.63) is 48.2 Å². The lowest BCUT2D eigenvalue weighted by Crippen LogP contribution is -2.27. The lowest BCUT2D eigenvalue weighted by atomic mass is 10.1. The third-order valence-electron chi connectivity index (χ3n) is 4.76. The average molecular weight is 403 g/mol. The summed E-state index contributed by atoms with van der Waals surface area (Å²) in [6.07, 6.45) is 4.32. The molecule has 7 nitrogen and oxygen atoms in total. The molecule has 1 aromatic heterocycles. The Balaban J connectivity index is 1.53. The third-order valence-corrected chi connectivity index (χ3v) is 6.67. The topological polar surface area (TPSA) is 82.6 Å². The summed E-state index contributed by atoms with van der Waals surface area (Å²) in [4.78, 5) is 18.6. The zero-order valence-electron chi connectivity index (χ0n) is 16.3. The number of pyridine rings is 1. The molecule has 0 atom stereocenters. The minimum absolute atomic E-state index is 0.104. The van der Waals surface area contributed by atoms with Crippen LogP contribution in [-0.2, 0) is 21.2 Å². The number of aryl methyl sites for hydroxylation is 1. The van der Waals surface area contributed by atoms with E-state index < -0.39 is 10.0 Å². The van der Waals surface area contributed by atoms with Gasteiger partial charge in [-0.25, -0.2) is 13.4 Å². The molecule has 0 aliphatic carbocycles. The summed E-state index contributed by atoms with van der Waals surface area (Å²) in [7, 11) is 0.416. The fourth-order valence-corrected chi connectivity index (χ4v) is 4.63. The first-order valence-electron chi connectivity index (χ1n) is 9.38. The first-order valence-corrected chi connectivity index (χ1v) is 10.8. The lowest BCUT2D eigenvalue weighted by Gasteiger charge is -2.15. The summed E-state index contributed by atoms with van der Waals surface area (Å²) >= 11 is 0. The van der Waals surface area contributed by atoms with E-state index in [0.29, 0.717) is 36.5 Å². The van der Waals surface area contributed by atoms with Crippen LogP contribution in [0.25, 0.3) is 0 Å². The quantitative estimate of drug-likeness (QED) is 0.769. The summed E-state index contributed by atoms with van der Waals surface area (Å²) in [5, 5.41) is 2.83. The maximum atomic E-state index is 12.5. The van der Waals surface area contributed by atoms with Crippen LogP contribution in [0.15, 0.2) is 47.5 Å². The molecule has 1 fully saturated rings. The molecule has 0 unspecified atom stereocenters. The van der Waals surface area contributed by atoms with Gasteiger partial charge in [-0.1, -0.05) is 12.1 Å². The van der Waals surface area contributed by atoms with Crippen molar-refractivity contribution >= 4 is 27.4 Å². The monoisotopic (exact) mass is 402 g/mol. The van der Waals surface area contributed by atoms with Gasteiger partial charge in [0.05, 0.1) is 16.8 Å². The van der Waals surface area contributed by atoms with E-state index in [0.717, 1.165) is 24.2 Å². The number of anilines is 2. The molecule has 0 bridgehead atoms. The van der Waals surface area contributed by atoms with Crippen LogP contribution in [0, 0.1) is 0 Å². The van der Waals surface area contributed by atoms with E-state index in [9.17, 15) is 13.2 Å². The van der Waals surface area contributed by atoms with Gasteiger partial charge in [0.2, 0.25) is 15.9 Å². The average Bonchev–Trinajstić information content (AvgIpc) is 3.23. The standard InChI is InChI=1S/C20H26N4O3S/c1-23(2)19-11-8-17(15-21-19)22-20(25)12-7-16-5-9-18(10-6-16)28(26,27)24-13-3-4-14-24/h5-6,8-11,15H,3-4,7,12-14H2,1-2H3,(H,22,25). The Hall–Kier alpha value is -2.45. The molecule has 3 rings (SSSR count). The first-order chi connectivity index (χ1) is 13.4. The molecular weight excluding hydrogens is 376 g/mol. The van der Waals surface area contributed by atoms with E-state index in [1.807, 2.05) is 31.1 Å². The Morgan fingerprint density at radius 2 is 1.79 bits per heavy atom. The van der Waals surface area contributed by atoms with Gasteiger partial charge in [-0.15, -0.1) is 0 Å². The minimum Gasteiger partial charge on any atom is -0.363 e. The van der Waals surface area contributed by atoms with Crippen molar-refractivity contribution < 1.29 is 13.2 Å². The maximum Gasteiger partial charge on any atom is 0.243 e. The number of sulfonamides is 1. The van der Waals surface area contributed by atoms with Crippen molar-refractivity contribution in [3.8, 4) is 0 Å². The van der Waals surface area contributed by atoms with Crippen molar-refractivity contribution in [1.82, 2.24) is 9.29 Å². The van der Waals surface area contributed by atoms with Gasteiger partial charge in [0.15, 0.2) is 0 Å². The fraction of sp³-hybridized carbons (Fsp3) is 0.400. The number of nitrogens with zero attached hydrogens (tertiary/aromatic N) is 3. The lowest BCUT2D eigenvalue weighted by molar-refractivity contribution is -0.116. The van der Waals surface area contributed by atoms with Crippen LogP contribution in [0.1, 0.15) is 24.8 Å². The summed E-state index contributed by atoms with van der Waals surface area (Å²) in [5.74, 6) is 0.718. The largest absolute Gasteiger partial charge is 0.363 e. The van der Waals surface area contributed by atoms with Crippen LogP contribution in [-0.4, -0.2) is 50.8 Å². The third kappa shape index (κ3) is 4.88. The highest BCUT2D eigenvalue weighted by Gasteiger charge is 2.26. The molecule has 28 heavy (non-hydrogen) atoms. The molecule has 2 aromatic rings. The molecule has 1 aliphatic rings. The molecule has 8 heteroatoms. The van der Waals surface area contributed by atoms with Crippen molar-refractivity contribution in [3.63, 3.8) is 0 Å². The number of hydrogen-bond donors (Lipinski definition) is 1. The van der Waals surface area contributed by atoms with E-state index in [1.54, 1.807) is 30.5 Å². The number of nitrogens with one attached hydrogen (secondary N) is 1. The molecule has 2 heterocycles. The second-order valence-corrected chi connectivity index (χ2v) is 9.04. The van der Waals surface area contributed by atoms with E-state index >= 15 is 0 Å². The van der Waals surface area contributed by atoms with E-state index in [1.165, 1.54) is 4.31 Å². The zero-order chi connectivity index (χ0) is 20.1. The van der Waals surface area contributed by atoms with Crippen molar-refractivity contribution in [1.29, 1.82) is 0 Å². The van der Waals surface area contributed by atoms with Crippen molar-refractivity contribution in [2.45, 2.75) is 30.6 Å². The Bertz CT molecular complexity index is 903. The summed E-state index contributed by atoms with van der Waals surface area (Å²) in [6, 6.07) is 10.5. The minimum atomic E-state index is -3.39. The highest BCUT2D eigenvalue weighted by Crippen LogP contribution is 2.21. The van der Waals surface area contributed by atoms with Gasteiger partial charge >= 0.3 is 0 Å². The van der Waals surface area contributed by atoms with Crippen LogP contribution < -0.4 is 10.2 Å². The molecule has 0 saturated carbocycles. The highest BCUT2D eigenvalue weighted by molar-refractivity contribution is 7.89. The first kappa shape index (κ1) is 20.3. The number of hydrogen-bond acceptors (Lipinski definition) is 5. The zero-order valence-corrected chi connectivity index (χ0v) is 17.1. The Morgan fingerprint density at radius 3 is 2.36 bits per heavy atom. The molecule has 1 aromatic carbocycles. The van der Waals surface area contributed by atoms with Gasteiger partial charge in [-0.3, -0.25) is 4.79 Å². The Morgan fingerprint density at radius 1 is 1.11 bits per heavy atom. The normalized spacial score (nSPS) is 14.8. The van der Waals surface area contributed by atoms with Crippen LogP contribution in [0.4, 0.5) is 11.5 Å². The Labute approximate surface area is 166 Å². The number of carbonyl (C=O) groups is 1. The van der Waals surface area contributed by atoms with Gasteiger partial charge in [0.1, 0.15) is 5.82 Å². The summed E-state index contributed by atoms with van der Waals surface area (Å²) in [6.45, 7) is 1.18. The van der Waals surface area contributed by atoms with E-state index in [-0.39, 0.29) is 5.91 Å². The van der Waals surface area contributed by atoms with Gasteiger partial charge in [-0.05, 0) is 49.1 Å². The van der Waals surface area contributed by atoms with Gasteiger partial charge in [0, 0.05) is 33.6 Å². The van der Waals surface area contributed by atoms with Crippen molar-refractivity contribution in [2.75, 3.05) is 37.4 Å². The fourth-order valence-electron chi connectivity index (χ4n) is 3.11. The van der Waals surface area contributed by atoms with Gasteiger partial charge < -0.3 is 10.2 Å². The highest BCUT2D eigenvalue weighted by atomic mass is 32.2. The summed E-state index contributed by atoms with van der Waals surface area (Å²) in [5.41, 5.74) is 1.58. The summed E-state index contributed by atoms with van der Waals surface area (Å²) < 4.78 is 26.6. The molecule has 1 saturated heterocycles. The molecule has 0 spiro atoms. The molecule has 1 N–H and O–H groups in total. The number of benzene rings is 1. The molecule has 1 aliphatic heterocycles. The predicted molar refractivity (Wildman–Crippen MR) is 110 cm³/mol. The van der Waals surface area contributed by atoms with E-state index in [2.05, 4.69) is 10.3 Å². The second-order valence-electron chi connectivity index (χ2n) is 7.10. The Kier molecular flexibility index (Phi) is 6.31. The second kappa shape index (κ2) is 8.70.